The Balaban J connectivity index is 1.67. The van der Waals surface area contributed by atoms with Crippen molar-refractivity contribution in [2.45, 2.75) is 24.8 Å². The van der Waals surface area contributed by atoms with Crippen molar-refractivity contribution in [1.82, 2.24) is 0 Å². The molecule has 0 aromatic heterocycles. The lowest BCUT2D eigenvalue weighted by Gasteiger charge is -2.12. The van der Waals surface area contributed by atoms with Gasteiger partial charge in [0, 0.05) is 4.91 Å². The Labute approximate surface area is 135 Å². The summed E-state index contributed by atoms with van der Waals surface area (Å²) in [6, 6.07) is 23.5. The van der Waals surface area contributed by atoms with Gasteiger partial charge in [0.1, 0.15) is 0 Å². The second-order valence-corrected chi connectivity index (χ2v) is 6.17. The molecule has 3 aromatic carbocycles. The third kappa shape index (κ3) is 2.56. The quantitative estimate of drug-likeness (QED) is 0.327. The Morgan fingerprint density at radius 1 is 0.913 bits per heavy atom. The molecule has 112 valence electrons. The molecule has 2 unspecified atom stereocenters. The predicted molar refractivity (Wildman–Crippen MR) is 93.3 cm³/mol. The molecular formula is C20H17N3. The van der Waals surface area contributed by atoms with Gasteiger partial charge in [-0.1, -0.05) is 71.8 Å². The monoisotopic (exact) mass is 299 g/mol. The Morgan fingerprint density at radius 2 is 1.65 bits per heavy atom. The van der Waals surface area contributed by atoms with Gasteiger partial charge in [-0.3, -0.25) is 0 Å². The fraction of sp³-hybridized carbons (Fsp3) is 0.200. The molecule has 0 N–H and O–H groups in total. The van der Waals surface area contributed by atoms with Crippen molar-refractivity contribution in [3.8, 4) is 0 Å². The minimum atomic E-state index is -0.0262. The van der Waals surface area contributed by atoms with Crippen molar-refractivity contribution < 1.29 is 0 Å². The Hall–Kier alpha value is -2.77. The topological polar surface area (TPSA) is 48.8 Å². The lowest BCUT2D eigenvalue weighted by molar-refractivity contribution is 0.598. The number of fused-ring (bicyclic) bond motifs is 2. The molecule has 2 atom stereocenters. The van der Waals surface area contributed by atoms with Crippen molar-refractivity contribution in [2.24, 2.45) is 5.11 Å². The van der Waals surface area contributed by atoms with E-state index in [1.54, 1.807) is 0 Å². The molecule has 23 heavy (non-hydrogen) atoms. The highest BCUT2D eigenvalue weighted by Gasteiger charge is 2.29. The van der Waals surface area contributed by atoms with E-state index in [0.29, 0.717) is 5.92 Å². The molecule has 1 aliphatic carbocycles. The average Bonchev–Trinajstić information content (AvgIpc) is 2.93. The summed E-state index contributed by atoms with van der Waals surface area (Å²) in [7, 11) is 0. The van der Waals surface area contributed by atoms with Crippen molar-refractivity contribution in [1.29, 1.82) is 0 Å². The third-order valence-corrected chi connectivity index (χ3v) is 4.79. The summed E-state index contributed by atoms with van der Waals surface area (Å²) in [6.07, 6.45) is 1.88. The van der Waals surface area contributed by atoms with Gasteiger partial charge in [-0.2, -0.15) is 0 Å². The van der Waals surface area contributed by atoms with Crippen LogP contribution in [0.4, 0.5) is 0 Å². The van der Waals surface area contributed by atoms with E-state index in [0.717, 1.165) is 12.8 Å². The van der Waals surface area contributed by atoms with Crippen molar-refractivity contribution in [3.05, 3.63) is 93.9 Å². The zero-order valence-corrected chi connectivity index (χ0v) is 12.8. The van der Waals surface area contributed by atoms with Crippen LogP contribution in [-0.2, 0) is 6.42 Å². The first-order chi connectivity index (χ1) is 11.3. The molecule has 3 aromatic rings. The Kier molecular flexibility index (Phi) is 3.49. The van der Waals surface area contributed by atoms with Gasteiger partial charge in [-0.25, -0.2) is 0 Å². The zero-order valence-electron chi connectivity index (χ0n) is 12.8. The maximum absolute atomic E-state index is 8.80. The highest BCUT2D eigenvalue weighted by Crippen LogP contribution is 2.44. The summed E-state index contributed by atoms with van der Waals surface area (Å²) in [5.41, 5.74) is 12.7. The van der Waals surface area contributed by atoms with E-state index >= 15 is 0 Å². The molecule has 3 nitrogen and oxygen atoms in total. The minimum Gasteiger partial charge on any atom is -0.0859 e. The summed E-state index contributed by atoms with van der Waals surface area (Å²) in [4.78, 5) is 3.02. The predicted octanol–water partition coefficient (Wildman–Crippen LogP) is 5.92. The van der Waals surface area contributed by atoms with Crippen LogP contribution in [-0.4, -0.2) is 0 Å². The molecule has 0 bridgehead atoms. The van der Waals surface area contributed by atoms with Gasteiger partial charge < -0.3 is 0 Å². The molecule has 0 amide bonds. The minimum absolute atomic E-state index is 0.0262. The molecule has 3 heteroatoms. The summed E-state index contributed by atoms with van der Waals surface area (Å²) in [5.74, 6) is 0.419. The number of azide groups is 1. The first kappa shape index (κ1) is 13.9. The number of rotatable bonds is 3. The van der Waals surface area contributed by atoms with Crippen LogP contribution in [0.25, 0.3) is 21.2 Å². The number of hydrogen-bond acceptors (Lipinski definition) is 1. The van der Waals surface area contributed by atoms with E-state index in [1.807, 2.05) is 6.07 Å². The summed E-state index contributed by atoms with van der Waals surface area (Å²) < 4.78 is 0. The van der Waals surface area contributed by atoms with Crippen LogP contribution in [0.2, 0.25) is 0 Å². The SMILES string of the molecule is [N-]=[N+]=NC1CC(Cc2ccc3ccccc3c2)c2ccccc21. The normalized spacial score (nSPS) is 19.3. The molecule has 1 aliphatic rings. The van der Waals surface area contributed by atoms with E-state index in [9.17, 15) is 0 Å². The van der Waals surface area contributed by atoms with Crippen LogP contribution >= 0.6 is 0 Å². The average molecular weight is 299 g/mol. The number of hydrogen-bond donors (Lipinski definition) is 0. The molecular weight excluding hydrogens is 282 g/mol. The van der Waals surface area contributed by atoms with Gasteiger partial charge >= 0.3 is 0 Å². The fourth-order valence-electron chi connectivity index (χ4n) is 3.72. The van der Waals surface area contributed by atoms with E-state index in [-0.39, 0.29) is 6.04 Å². The largest absolute Gasteiger partial charge is 0.0859 e. The van der Waals surface area contributed by atoms with Crippen LogP contribution in [0.5, 0.6) is 0 Å². The fourth-order valence-corrected chi connectivity index (χ4v) is 3.72. The van der Waals surface area contributed by atoms with Gasteiger partial charge in [0.15, 0.2) is 0 Å². The first-order valence-corrected chi connectivity index (χ1v) is 7.96. The molecule has 0 radical (unpaired) electrons. The third-order valence-electron chi connectivity index (χ3n) is 4.79. The molecule has 0 fully saturated rings. The Bertz CT molecular complexity index is 909. The molecule has 0 spiro atoms. The number of nitrogens with zero attached hydrogens (tertiary/aromatic N) is 3. The second-order valence-electron chi connectivity index (χ2n) is 6.17. The Morgan fingerprint density at radius 3 is 2.48 bits per heavy atom. The van der Waals surface area contributed by atoms with Crippen LogP contribution in [0.1, 0.15) is 35.1 Å². The molecule has 4 rings (SSSR count). The molecule has 0 aliphatic heterocycles. The van der Waals surface area contributed by atoms with E-state index in [4.69, 9.17) is 5.53 Å². The molecule has 0 saturated heterocycles. The standard InChI is InChI=1S/C20H17N3/c21-23-22-20-13-17(18-7-3-4-8-19(18)20)12-14-9-10-15-5-1-2-6-16(15)11-14/h1-11,17,20H,12-13H2. The second kappa shape index (κ2) is 5.79. The van der Waals surface area contributed by atoms with Gasteiger partial charge in [0.05, 0.1) is 6.04 Å². The highest BCUT2D eigenvalue weighted by molar-refractivity contribution is 5.83. The maximum atomic E-state index is 8.80. The van der Waals surface area contributed by atoms with E-state index in [1.165, 1.54) is 27.5 Å². The van der Waals surface area contributed by atoms with Gasteiger partial charge in [-0.05, 0) is 51.8 Å². The van der Waals surface area contributed by atoms with E-state index in [2.05, 4.69) is 70.7 Å². The zero-order chi connectivity index (χ0) is 15.6. The van der Waals surface area contributed by atoms with Crippen LogP contribution < -0.4 is 0 Å². The van der Waals surface area contributed by atoms with Gasteiger partial charge in [-0.15, -0.1) is 0 Å². The van der Waals surface area contributed by atoms with E-state index < -0.39 is 0 Å². The van der Waals surface area contributed by atoms with Crippen LogP contribution in [0, 0.1) is 0 Å². The lowest BCUT2D eigenvalue weighted by Crippen LogP contribution is -1.99. The van der Waals surface area contributed by atoms with Gasteiger partial charge in [0.2, 0.25) is 0 Å². The maximum Gasteiger partial charge on any atom is 0.0634 e. The van der Waals surface area contributed by atoms with Crippen molar-refractivity contribution in [2.75, 3.05) is 0 Å². The van der Waals surface area contributed by atoms with Crippen LogP contribution in [0.3, 0.4) is 0 Å². The van der Waals surface area contributed by atoms with Crippen molar-refractivity contribution >= 4 is 10.8 Å². The summed E-state index contributed by atoms with van der Waals surface area (Å²) in [5, 5.41) is 6.54. The van der Waals surface area contributed by atoms with Gasteiger partial charge in [0.25, 0.3) is 0 Å². The summed E-state index contributed by atoms with van der Waals surface area (Å²) in [6.45, 7) is 0. The lowest BCUT2D eigenvalue weighted by atomic mass is 9.92. The molecule has 0 saturated carbocycles. The first-order valence-electron chi connectivity index (χ1n) is 7.96. The smallest absolute Gasteiger partial charge is 0.0634 e. The highest BCUT2D eigenvalue weighted by atomic mass is 15.1. The van der Waals surface area contributed by atoms with Crippen molar-refractivity contribution in [3.63, 3.8) is 0 Å². The summed E-state index contributed by atoms with van der Waals surface area (Å²) >= 11 is 0. The number of benzene rings is 3. The van der Waals surface area contributed by atoms with Crippen LogP contribution in [0.15, 0.2) is 71.8 Å². The molecule has 0 heterocycles.